The summed E-state index contributed by atoms with van der Waals surface area (Å²) < 4.78 is 6.09. The lowest BCUT2D eigenvalue weighted by molar-refractivity contribution is -0.150. The quantitative estimate of drug-likeness (QED) is 0.0365. The molecule has 1 amide bonds. The van der Waals surface area contributed by atoms with Gasteiger partial charge in [-0.25, -0.2) is 0 Å². The number of carbonyl (C=O) groups excluding carboxylic acids is 2. The van der Waals surface area contributed by atoms with Crippen molar-refractivity contribution in [1.82, 2.24) is 4.90 Å². The monoisotopic (exact) mass is 812 g/mol. The molecule has 3 atom stereocenters. The van der Waals surface area contributed by atoms with Crippen LogP contribution in [0.15, 0.2) is 48.6 Å². The molecule has 1 rings (SSSR count). The van der Waals surface area contributed by atoms with E-state index in [0.717, 1.165) is 64.2 Å². The maximum absolute atomic E-state index is 12.9. The Morgan fingerprint density at radius 2 is 0.948 bits per heavy atom. The number of esters is 1. The van der Waals surface area contributed by atoms with E-state index in [0.29, 0.717) is 25.8 Å². The minimum atomic E-state index is -0.535. The van der Waals surface area contributed by atoms with Crippen LogP contribution < -0.4 is 0 Å². The van der Waals surface area contributed by atoms with Crippen LogP contribution in [0.3, 0.4) is 0 Å². The second-order valence-corrected chi connectivity index (χ2v) is 17.3. The number of nitrogens with zero attached hydrogens (tertiary/aromatic N) is 1. The van der Waals surface area contributed by atoms with E-state index in [1.165, 1.54) is 141 Å². The summed E-state index contributed by atoms with van der Waals surface area (Å²) in [5.41, 5.74) is 0. The zero-order valence-electron chi connectivity index (χ0n) is 38.1. The number of aliphatic hydroxyl groups is 2. The van der Waals surface area contributed by atoms with Crippen molar-refractivity contribution >= 4 is 11.9 Å². The summed E-state index contributed by atoms with van der Waals surface area (Å²) in [6, 6.07) is -0.259. The molecule has 0 aromatic carbocycles. The Hall–Kier alpha value is -2.18. The highest BCUT2D eigenvalue weighted by Crippen LogP contribution is 2.21. The van der Waals surface area contributed by atoms with E-state index in [2.05, 4.69) is 62.5 Å². The number of allylic oxidation sites excluding steroid dienone is 8. The molecule has 336 valence electrons. The van der Waals surface area contributed by atoms with Crippen LogP contribution in [0.5, 0.6) is 0 Å². The maximum Gasteiger partial charge on any atom is 0.306 e. The fourth-order valence-corrected chi connectivity index (χ4v) is 7.99. The number of rotatable bonds is 41. The number of likely N-dealkylation sites (tertiary alicyclic amines) is 1. The average molecular weight is 812 g/mol. The first-order valence-electron chi connectivity index (χ1n) is 24.9. The number of ether oxygens (including phenoxy) is 1. The van der Waals surface area contributed by atoms with E-state index in [4.69, 9.17) is 4.74 Å². The van der Waals surface area contributed by atoms with Crippen LogP contribution in [0, 0.1) is 0 Å². The average Bonchev–Trinajstić information content (AvgIpc) is 3.61. The van der Waals surface area contributed by atoms with Gasteiger partial charge in [-0.3, -0.25) is 9.59 Å². The van der Waals surface area contributed by atoms with Crippen molar-refractivity contribution in [2.75, 3.05) is 13.2 Å². The largest absolute Gasteiger partial charge is 0.462 e. The summed E-state index contributed by atoms with van der Waals surface area (Å²) in [5, 5.41) is 19.4. The Morgan fingerprint density at radius 3 is 1.40 bits per heavy atom. The van der Waals surface area contributed by atoms with Crippen molar-refractivity contribution in [3.63, 3.8) is 0 Å². The molecule has 1 saturated heterocycles. The minimum Gasteiger partial charge on any atom is -0.462 e. The summed E-state index contributed by atoms with van der Waals surface area (Å²) in [6.07, 6.45) is 57.4. The lowest BCUT2D eigenvalue weighted by Gasteiger charge is -2.22. The predicted octanol–water partition coefficient (Wildman–Crippen LogP) is 14.4. The van der Waals surface area contributed by atoms with Gasteiger partial charge >= 0.3 is 5.97 Å². The van der Waals surface area contributed by atoms with Gasteiger partial charge in [-0.1, -0.05) is 165 Å². The molecule has 1 aliphatic heterocycles. The van der Waals surface area contributed by atoms with Crippen molar-refractivity contribution in [3.8, 4) is 0 Å². The molecule has 0 aliphatic carbocycles. The molecule has 0 bridgehead atoms. The highest BCUT2D eigenvalue weighted by atomic mass is 16.5. The minimum absolute atomic E-state index is 0.0115. The maximum atomic E-state index is 12.9. The first kappa shape index (κ1) is 53.8. The van der Waals surface area contributed by atoms with Crippen molar-refractivity contribution in [3.05, 3.63) is 48.6 Å². The van der Waals surface area contributed by atoms with Crippen LogP contribution in [-0.4, -0.2) is 58.4 Å². The van der Waals surface area contributed by atoms with Crippen LogP contribution in [0.1, 0.15) is 239 Å². The summed E-state index contributed by atoms with van der Waals surface area (Å²) in [5.74, 6) is -0.0518. The van der Waals surface area contributed by atoms with Gasteiger partial charge in [0.25, 0.3) is 0 Å². The first-order chi connectivity index (χ1) is 28.5. The summed E-state index contributed by atoms with van der Waals surface area (Å²) in [7, 11) is 0. The van der Waals surface area contributed by atoms with E-state index in [1.807, 2.05) is 0 Å². The summed E-state index contributed by atoms with van der Waals surface area (Å²) >= 11 is 0. The molecule has 1 unspecified atom stereocenters. The number of carbonyl (C=O) groups is 2. The third-order valence-electron chi connectivity index (χ3n) is 11.7. The molecule has 0 aromatic rings. The number of unbranched alkanes of at least 4 members (excludes halogenated alkanes) is 23. The molecule has 0 saturated carbocycles. The Labute approximate surface area is 358 Å². The topological polar surface area (TPSA) is 87.1 Å². The van der Waals surface area contributed by atoms with Gasteiger partial charge in [0.15, 0.2) is 0 Å². The van der Waals surface area contributed by atoms with E-state index in [-0.39, 0.29) is 30.6 Å². The molecule has 1 aliphatic rings. The molecular weight excluding hydrogens is 719 g/mol. The summed E-state index contributed by atoms with van der Waals surface area (Å²) in [6.45, 7) is 4.73. The molecule has 0 radical (unpaired) electrons. The van der Waals surface area contributed by atoms with Gasteiger partial charge in [-0.15, -0.1) is 0 Å². The van der Waals surface area contributed by atoms with Gasteiger partial charge in [0.05, 0.1) is 18.8 Å². The van der Waals surface area contributed by atoms with Crippen LogP contribution in [0.25, 0.3) is 0 Å². The van der Waals surface area contributed by atoms with Gasteiger partial charge in [-0.05, 0) is 109 Å². The van der Waals surface area contributed by atoms with Gasteiger partial charge in [0.2, 0.25) is 5.91 Å². The van der Waals surface area contributed by atoms with Gasteiger partial charge < -0.3 is 19.8 Å². The van der Waals surface area contributed by atoms with Crippen molar-refractivity contribution in [2.24, 2.45) is 0 Å². The van der Waals surface area contributed by atoms with Crippen molar-refractivity contribution in [2.45, 2.75) is 257 Å². The smallest absolute Gasteiger partial charge is 0.306 e. The summed E-state index contributed by atoms with van der Waals surface area (Å²) in [4.78, 5) is 27.1. The molecule has 0 aromatic heterocycles. The van der Waals surface area contributed by atoms with Crippen molar-refractivity contribution < 1.29 is 24.5 Å². The van der Waals surface area contributed by atoms with Gasteiger partial charge in [-0.2, -0.15) is 0 Å². The van der Waals surface area contributed by atoms with E-state index >= 15 is 0 Å². The fraction of sp³-hybridized carbons (Fsp3) is 0.808. The highest BCUT2D eigenvalue weighted by Gasteiger charge is 2.33. The molecule has 1 heterocycles. The fourth-order valence-electron chi connectivity index (χ4n) is 7.99. The van der Waals surface area contributed by atoms with Gasteiger partial charge in [0, 0.05) is 19.4 Å². The lowest BCUT2D eigenvalue weighted by atomic mass is 10.0. The molecular formula is C52H93NO5. The molecule has 6 nitrogen and oxygen atoms in total. The van der Waals surface area contributed by atoms with Crippen LogP contribution in [-0.2, 0) is 14.3 Å². The number of aliphatic hydroxyl groups excluding tert-OH is 2. The highest BCUT2D eigenvalue weighted by molar-refractivity contribution is 5.77. The molecule has 0 spiro atoms. The predicted molar refractivity (Wildman–Crippen MR) is 248 cm³/mol. The van der Waals surface area contributed by atoms with Crippen LogP contribution >= 0.6 is 0 Å². The number of hydrogen-bond donors (Lipinski definition) is 2. The number of β-amino-alcohol motifs (C(OH)–C–C–N with tert-alkyl or cyclic N) is 1. The standard InChI is InChI=1S/C52H93NO5/c1-3-5-7-9-11-13-15-17-19-21-22-24-26-28-30-32-34-38-42-50(41-37-33-31-29-27-25-23-20-18-16-14-12-10-8-6-4-2)58-52(57)44-40-36-35-39-43-51(56)53-46-49(55)45-48(53)47-54/h11-14,17-20,48-50,54-55H,3-10,15-16,21-47H2,1-2H3/b13-11-,14-12-,19-17-,20-18-/t48-,49+,50?/m0/s1. The third-order valence-corrected chi connectivity index (χ3v) is 11.7. The Balaban J connectivity index is 2.25. The van der Waals surface area contributed by atoms with Crippen LogP contribution in [0.4, 0.5) is 0 Å². The number of amides is 1. The SMILES string of the molecule is CCCCC/C=C\C/C=C\CCCCCCCCCCC(CCCCCCCC/C=C\C/C=C\CCCCC)OC(=O)CCCCCCC(=O)N1C[C@H](O)C[C@H]1CO. The Bertz CT molecular complexity index is 1050. The molecule has 2 N–H and O–H groups in total. The zero-order valence-corrected chi connectivity index (χ0v) is 38.1. The first-order valence-corrected chi connectivity index (χ1v) is 24.9. The second-order valence-electron chi connectivity index (χ2n) is 17.3. The molecule has 58 heavy (non-hydrogen) atoms. The molecule has 1 fully saturated rings. The van der Waals surface area contributed by atoms with E-state index in [9.17, 15) is 19.8 Å². The molecule has 6 heteroatoms. The number of hydrogen-bond acceptors (Lipinski definition) is 5. The Morgan fingerprint density at radius 1 is 0.552 bits per heavy atom. The van der Waals surface area contributed by atoms with Gasteiger partial charge in [0.1, 0.15) is 6.10 Å². The normalized spacial score (nSPS) is 16.6. The third kappa shape index (κ3) is 33.6. The second kappa shape index (κ2) is 41.5. The van der Waals surface area contributed by atoms with E-state index < -0.39 is 6.10 Å². The lowest BCUT2D eigenvalue weighted by Crippen LogP contribution is -2.37. The van der Waals surface area contributed by atoms with Crippen LogP contribution in [0.2, 0.25) is 0 Å². The van der Waals surface area contributed by atoms with Crippen molar-refractivity contribution in [1.29, 1.82) is 0 Å². The zero-order chi connectivity index (χ0) is 42.0. The van der Waals surface area contributed by atoms with E-state index in [1.54, 1.807) is 4.90 Å². The Kier molecular flexibility index (Phi) is 38.6.